The Balaban J connectivity index is 1.84. The second-order valence-electron chi connectivity index (χ2n) is 4.73. The molecule has 0 fully saturated rings. The Morgan fingerprint density at radius 1 is 1.33 bits per heavy atom. The molecule has 1 aliphatic rings. The third kappa shape index (κ3) is 2.58. The van der Waals surface area contributed by atoms with Crippen LogP contribution in [0.2, 0.25) is 0 Å². The van der Waals surface area contributed by atoms with Gasteiger partial charge in [-0.2, -0.15) is 5.26 Å². The van der Waals surface area contributed by atoms with Crippen LogP contribution in [0.4, 0.5) is 5.69 Å². The zero-order valence-corrected chi connectivity index (χ0v) is 11.9. The van der Waals surface area contributed by atoms with Gasteiger partial charge in [-0.3, -0.25) is 4.79 Å². The Labute approximate surface area is 126 Å². The van der Waals surface area contributed by atoms with E-state index in [0.29, 0.717) is 11.3 Å². The number of hydrogen-bond donors (Lipinski definition) is 2. The largest absolute Gasteiger partial charge is 0.506 e. The van der Waals surface area contributed by atoms with Gasteiger partial charge in [0.25, 0.3) is 0 Å². The molecule has 1 heterocycles. The highest BCUT2D eigenvalue weighted by Gasteiger charge is 2.29. The normalized spacial score (nSPS) is 16.0. The minimum absolute atomic E-state index is 0.0405. The standard InChI is InChI=1S/C16H12N2O2S/c17-8-10-5-6-14(19)13(7-10)18-16(20)12-9-21-15-4-2-1-3-11(12)15/h1-7,12,19H,9H2,(H,18,20)/t12-/m0/s1. The molecule has 1 amide bonds. The van der Waals surface area contributed by atoms with Crippen molar-refractivity contribution in [3.8, 4) is 11.8 Å². The maximum Gasteiger partial charge on any atom is 0.232 e. The van der Waals surface area contributed by atoms with Crippen LogP contribution < -0.4 is 5.32 Å². The van der Waals surface area contributed by atoms with E-state index in [9.17, 15) is 9.90 Å². The molecule has 0 aliphatic carbocycles. The molecule has 104 valence electrons. The van der Waals surface area contributed by atoms with E-state index < -0.39 is 0 Å². The highest BCUT2D eigenvalue weighted by Crippen LogP contribution is 2.40. The fraction of sp³-hybridized carbons (Fsp3) is 0.125. The summed E-state index contributed by atoms with van der Waals surface area (Å²) in [4.78, 5) is 13.5. The first-order chi connectivity index (χ1) is 10.2. The summed E-state index contributed by atoms with van der Waals surface area (Å²) in [7, 11) is 0. The van der Waals surface area contributed by atoms with Gasteiger partial charge in [-0.25, -0.2) is 0 Å². The van der Waals surface area contributed by atoms with Crippen LogP contribution in [0.1, 0.15) is 17.0 Å². The average molecular weight is 296 g/mol. The van der Waals surface area contributed by atoms with Gasteiger partial charge in [0.2, 0.25) is 5.91 Å². The van der Waals surface area contributed by atoms with Gasteiger partial charge < -0.3 is 10.4 Å². The van der Waals surface area contributed by atoms with Crippen LogP contribution >= 0.6 is 11.8 Å². The van der Waals surface area contributed by atoms with Crippen LogP contribution in [0.15, 0.2) is 47.4 Å². The van der Waals surface area contributed by atoms with Gasteiger partial charge in [0.05, 0.1) is 23.2 Å². The van der Waals surface area contributed by atoms with Gasteiger partial charge in [-0.15, -0.1) is 11.8 Å². The fourth-order valence-electron chi connectivity index (χ4n) is 2.31. The molecule has 0 saturated carbocycles. The molecule has 3 rings (SSSR count). The molecule has 2 aromatic carbocycles. The van der Waals surface area contributed by atoms with Crippen LogP contribution in [0, 0.1) is 11.3 Å². The Kier molecular flexibility index (Phi) is 3.55. The zero-order valence-electron chi connectivity index (χ0n) is 11.0. The number of amides is 1. The number of nitriles is 1. The van der Waals surface area contributed by atoms with Crippen LogP contribution in [0.3, 0.4) is 0 Å². The van der Waals surface area contributed by atoms with Gasteiger partial charge in [-0.05, 0) is 29.8 Å². The number of nitrogens with one attached hydrogen (secondary N) is 1. The molecule has 0 unspecified atom stereocenters. The quantitative estimate of drug-likeness (QED) is 0.835. The number of benzene rings is 2. The Morgan fingerprint density at radius 2 is 2.14 bits per heavy atom. The summed E-state index contributed by atoms with van der Waals surface area (Å²) in [5, 5.41) is 21.4. The van der Waals surface area contributed by atoms with Crippen LogP contribution in [-0.4, -0.2) is 16.8 Å². The number of carbonyl (C=O) groups excluding carboxylic acids is 1. The number of rotatable bonds is 2. The van der Waals surface area contributed by atoms with Gasteiger partial charge in [-0.1, -0.05) is 18.2 Å². The lowest BCUT2D eigenvalue weighted by Crippen LogP contribution is -2.21. The van der Waals surface area contributed by atoms with Crippen molar-refractivity contribution in [2.45, 2.75) is 10.8 Å². The molecule has 2 aromatic rings. The number of phenolic OH excluding ortho intramolecular Hbond substituents is 1. The summed E-state index contributed by atoms with van der Waals surface area (Å²) < 4.78 is 0. The van der Waals surface area contributed by atoms with E-state index in [0.717, 1.165) is 10.5 Å². The topological polar surface area (TPSA) is 73.1 Å². The molecule has 21 heavy (non-hydrogen) atoms. The average Bonchev–Trinajstić information content (AvgIpc) is 2.93. The van der Waals surface area contributed by atoms with Crippen molar-refractivity contribution in [1.82, 2.24) is 0 Å². The second kappa shape index (κ2) is 5.51. The summed E-state index contributed by atoms with van der Waals surface area (Å²) in [6.07, 6.45) is 0. The van der Waals surface area contributed by atoms with E-state index in [1.54, 1.807) is 11.8 Å². The maximum absolute atomic E-state index is 12.4. The molecule has 2 N–H and O–H groups in total. The first kappa shape index (κ1) is 13.5. The molecule has 0 radical (unpaired) electrons. The molecule has 0 aromatic heterocycles. The third-order valence-electron chi connectivity index (χ3n) is 3.40. The third-order valence-corrected chi connectivity index (χ3v) is 4.58. The number of phenols is 1. The van der Waals surface area contributed by atoms with E-state index in [1.807, 2.05) is 30.3 Å². The number of fused-ring (bicyclic) bond motifs is 1. The van der Waals surface area contributed by atoms with Crippen LogP contribution in [-0.2, 0) is 4.79 Å². The first-order valence-corrected chi connectivity index (χ1v) is 7.43. The number of thioether (sulfide) groups is 1. The Bertz CT molecular complexity index is 752. The lowest BCUT2D eigenvalue weighted by molar-refractivity contribution is -0.117. The van der Waals surface area contributed by atoms with Gasteiger partial charge >= 0.3 is 0 Å². The number of carbonyl (C=O) groups is 1. The Hall–Kier alpha value is -2.45. The molecule has 1 aliphatic heterocycles. The number of anilines is 1. The van der Waals surface area contributed by atoms with Crippen molar-refractivity contribution >= 4 is 23.4 Å². The van der Waals surface area contributed by atoms with E-state index in [-0.39, 0.29) is 23.3 Å². The van der Waals surface area contributed by atoms with Crippen LogP contribution in [0.25, 0.3) is 0 Å². The van der Waals surface area contributed by atoms with Crippen LogP contribution in [0.5, 0.6) is 5.75 Å². The predicted molar refractivity (Wildman–Crippen MR) is 81.4 cm³/mol. The highest BCUT2D eigenvalue weighted by molar-refractivity contribution is 7.99. The summed E-state index contributed by atoms with van der Waals surface area (Å²) in [5.41, 5.74) is 1.67. The van der Waals surface area contributed by atoms with Crippen molar-refractivity contribution in [2.24, 2.45) is 0 Å². The minimum Gasteiger partial charge on any atom is -0.506 e. The molecule has 4 nitrogen and oxygen atoms in total. The fourth-order valence-corrected chi connectivity index (χ4v) is 3.53. The van der Waals surface area contributed by atoms with E-state index in [2.05, 4.69) is 5.32 Å². The zero-order chi connectivity index (χ0) is 14.8. The van der Waals surface area contributed by atoms with Crippen molar-refractivity contribution < 1.29 is 9.90 Å². The molecule has 1 atom stereocenters. The molecular weight excluding hydrogens is 284 g/mol. The predicted octanol–water partition coefficient (Wildman–Crippen LogP) is 3.09. The lowest BCUT2D eigenvalue weighted by Gasteiger charge is -2.12. The lowest BCUT2D eigenvalue weighted by atomic mass is 10.0. The Morgan fingerprint density at radius 3 is 2.95 bits per heavy atom. The SMILES string of the molecule is N#Cc1ccc(O)c(NC(=O)[C@H]2CSc3ccccc32)c1. The van der Waals surface area contributed by atoms with E-state index >= 15 is 0 Å². The van der Waals surface area contributed by atoms with Gasteiger partial charge in [0.1, 0.15) is 5.75 Å². The van der Waals surface area contributed by atoms with Crippen molar-refractivity contribution in [2.75, 3.05) is 11.1 Å². The summed E-state index contributed by atoms with van der Waals surface area (Å²) in [6, 6.07) is 14.2. The maximum atomic E-state index is 12.4. The second-order valence-corrected chi connectivity index (χ2v) is 5.80. The monoisotopic (exact) mass is 296 g/mol. The molecule has 5 heteroatoms. The molecular formula is C16H12N2O2S. The van der Waals surface area contributed by atoms with Crippen molar-refractivity contribution in [3.63, 3.8) is 0 Å². The number of aromatic hydroxyl groups is 1. The molecule has 0 saturated heterocycles. The van der Waals surface area contributed by atoms with Gasteiger partial charge in [0.15, 0.2) is 0 Å². The number of nitrogens with zero attached hydrogens (tertiary/aromatic N) is 1. The number of hydrogen-bond acceptors (Lipinski definition) is 4. The molecule has 0 bridgehead atoms. The molecule has 0 spiro atoms. The smallest absolute Gasteiger partial charge is 0.232 e. The van der Waals surface area contributed by atoms with Crippen molar-refractivity contribution in [3.05, 3.63) is 53.6 Å². The van der Waals surface area contributed by atoms with Crippen molar-refractivity contribution in [1.29, 1.82) is 5.26 Å². The first-order valence-electron chi connectivity index (χ1n) is 6.45. The summed E-state index contributed by atoms with van der Waals surface area (Å²) >= 11 is 1.65. The minimum atomic E-state index is -0.239. The van der Waals surface area contributed by atoms with Gasteiger partial charge in [0, 0.05) is 10.6 Å². The summed E-state index contributed by atoms with van der Waals surface area (Å²) in [6.45, 7) is 0. The highest BCUT2D eigenvalue weighted by atomic mass is 32.2. The summed E-state index contributed by atoms with van der Waals surface area (Å²) in [5.74, 6) is 0.236. The van der Waals surface area contributed by atoms with E-state index in [4.69, 9.17) is 5.26 Å². The van der Waals surface area contributed by atoms with E-state index in [1.165, 1.54) is 18.2 Å².